The maximum Gasteiger partial charge on any atom is 0.167 e. The molecule has 0 amide bonds. The number of aromatic nitrogens is 2. The first-order valence-corrected chi connectivity index (χ1v) is 10.9. The Hall–Kier alpha value is -0.440. The van der Waals surface area contributed by atoms with Crippen molar-refractivity contribution in [2.45, 2.75) is 102 Å². The van der Waals surface area contributed by atoms with Gasteiger partial charge in [-0.1, -0.05) is 102 Å². The van der Waals surface area contributed by atoms with Gasteiger partial charge >= 0.3 is 0 Å². The summed E-state index contributed by atoms with van der Waals surface area (Å²) in [6.45, 7) is 2.29. The smallest absolute Gasteiger partial charge is 0.167 e. The third-order valence-corrected chi connectivity index (χ3v) is 5.65. The van der Waals surface area contributed by atoms with Gasteiger partial charge in [0.25, 0.3) is 0 Å². The van der Waals surface area contributed by atoms with Crippen molar-refractivity contribution in [2.75, 3.05) is 5.75 Å². The SMILES string of the molecule is CCCCCCCCCCCCCCCCSc1nccn1C. The number of imidazole rings is 1. The minimum atomic E-state index is 1.15. The molecule has 1 rings (SSSR count). The summed E-state index contributed by atoms with van der Waals surface area (Å²) in [5.41, 5.74) is 0. The monoisotopic (exact) mass is 338 g/mol. The van der Waals surface area contributed by atoms with E-state index in [-0.39, 0.29) is 0 Å². The molecule has 1 aromatic heterocycles. The highest BCUT2D eigenvalue weighted by molar-refractivity contribution is 7.99. The molecule has 0 aliphatic heterocycles. The Bertz CT molecular complexity index is 362. The standard InChI is InChI=1S/C20H38N2S/c1-3-4-5-6-7-8-9-10-11-12-13-14-15-16-19-23-20-21-17-18-22(20)2/h17-18H,3-16,19H2,1-2H3. The molecule has 134 valence electrons. The molecule has 0 aliphatic rings. The summed E-state index contributed by atoms with van der Waals surface area (Å²) >= 11 is 1.89. The van der Waals surface area contributed by atoms with Gasteiger partial charge in [0, 0.05) is 25.2 Å². The number of rotatable bonds is 16. The maximum absolute atomic E-state index is 4.35. The molecule has 0 radical (unpaired) electrons. The van der Waals surface area contributed by atoms with E-state index in [1.807, 2.05) is 24.2 Å². The number of unbranched alkanes of at least 4 members (excludes halogenated alkanes) is 13. The molecular formula is C20H38N2S. The number of nitrogens with zero attached hydrogens (tertiary/aromatic N) is 2. The Kier molecular flexibility index (Phi) is 13.5. The zero-order chi connectivity index (χ0) is 16.6. The zero-order valence-corrected chi connectivity index (χ0v) is 16.4. The average molecular weight is 339 g/mol. The maximum atomic E-state index is 4.35. The van der Waals surface area contributed by atoms with E-state index in [0.717, 1.165) is 5.16 Å². The van der Waals surface area contributed by atoms with Gasteiger partial charge in [-0.3, -0.25) is 0 Å². The van der Waals surface area contributed by atoms with Crippen LogP contribution in [-0.4, -0.2) is 15.3 Å². The van der Waals surface area contributed by atoms with E-state index in [0.29, 0.717) is 0 Å². The summed E-state index contributed by atoms with van der Waals surface area (Å²) in [7, 11) is 2.07. The Labute approximate surface area is 148 Å². The summed E-state index contributed by atoms with van der Waals surface area (Å²) in [6, 6.07) is 0. The number of aryl methyl sites for hydroxylation is 1. The van der Waals surface area contributed by atoms with Crippen LogP contribution in [0.15, 0.2) is 17.6 Å². The van der Waals surface area contributed by atoms with Crippen molar-refractivity contribution in [1.82, 2.24) is 9.55 Å². The van der Waals surface area contributed by atoms with Gasteiger partial charge in [0.15, 0.2) is 5.16 Å². The molecule has 2 nitrogen and oxygen atoms in total. The summed E-state index contributed by atoms with van der Waals surface area (Å²) < 4.78 is 2.11. The lowest BCUT2D eigenvalue weighted by atomic mass is 10.0. The molecule has 1 aromatic rings. The van der Waals surface area contributed by atoms with Gasteiger partial charge in [0.1, 0.15) is 0 Å². The summed E-state index contributed by atoms with van der Waals surface area (Å²) in [5.74, 6) is 1.21. The molecule has 3 heteroatoms. The Balaban J connectivity index is 1.72. The van der Waals surface area contributed by atoms with E-state index in [2.05, 4.69) is 23.5 Å². The van der Waals surface area contributed by atoms with Crippen molar-refractivity contribution in [1.29, 1.82) is 0 Å². The minimum absolute atomic E-state index is 1.15. The van der Waals surface area contributed by atoms with Gasteiger partial charge in [0.05, 0.1) is 0 Å². The molecule has 1 heterocycles. The first-order valence-electron chi connectivity index (χ1n) is 9.94. The van der Waals surface area contributed by atoms with Crippen molar-refractivity contribution < 1.29 is 0 Å². The van der Waals surface area contributed by atoms with Crippen molar-refractivity contribution in [3.63, 3.8) is 0 Å². The van der Waals surface area contributed by atoms with Gasteiger partial charge in [-0.05, 0) is 6.42 Å². The van der Waals surface area contributed by atoms with Crippen LogP contribution in [0.3, 0.4) is 0 Å². The van der Waals surface area contributed by atoms with Crippen LogP contribution in [-0.2, 0) is 7.05 Å². The van der Waals surface area contributed by atoms with Crippen molar-refractivity contribution in [3.8, 4) is 0 Å². The minimum Gasteiger partial charge on any atom is -0.329 e. The highest BCUT2D eigenvalue weighted by Crippen LogP contribution is 2.18. The van der Waals surface area contributed by atoms with Crippen LogP contribution < -0.4 is 0 Å². The molecule has 0 atom stereocenters. The van der Waals surface area contributed by atoms with E-state index in [9.17, 15) is 0 Å². The van der Waals surface area contributed by atoms with Gasteiger partial charge in [-0.25, -0.2) is 4.98 Å². The van der Waals surface area contributed by atoms with Crippen LogP contribution in [0.1, 0.15) is 96.8 Å². The molecule has 0 saturated carbocycles. The third-order valence-electron chi connectivity index (χ3n) is 4.51. The lowest BCUT2D eigenvalue weighted by Gasteiger charge is -2.03. The molecule has 0 aromatic carbocycles. The normalized spacial score (nSPS) is 11.2. The van der Waals surface area contributed by atoms with E-state index in [1.165, 1.54) is 95.6 Å². The quantitative estimate of drug-likeness (QED) is 0.239. The van der Waals surface area contributed by atoms with Crippen LogP contribution in [0.4, 0.5) is 0 Å². The number of hydrogen-bond acceptors (Lipinski definition) is 2. The van der Waals surface area contributed by atoms with Crippen molar-refractivity contribution >= 4 is 11.8 Å². The highest BCUT2D eigenvalue weighted by atomic mass is 32.2. The first kappa shape index (κ1) is 20.6. The molecular weight excluding hydrogens is 300 g/mol. The Morgan fingerprint density at radius 2 is 1.26 bits per heavy atom. The molecule has 0 bridgehead atoms. The topological polar surface area (TPSA) is 17.8 Å². The molecule has 23 heavy (non-hydrogen) atoms. The summed E-state index contributed by atoms with van der Waals surface area (Å²) in [5, 5.41) is 1.15. The fraction of sp³-hybridized carbons (Fsp3) is 0.850. The molecule has 0 fully saturated rings. The second kappa shape index (κ2) is 15.1. The fourth-order valence-corrected chi connectivity index (χ4v) is 3.88. The van der Waals surface area contributed by atoms with Crippen LogP contribution in [0.2, 0.25) is 0 Å². The predicted octanol–water partition coefficient (Wildman–Crippen LogP) is 6.99. The van der Waals surface area contributed by atoms with Gasteiger partial charge < -0.3 is 4.57 Å². The van der Waals surface area contributed by atoms with Crippen LogP contribution in [0.25, 0.3) is 0 Å². The Morgan fingerprint density at radius 3 is 1.70 bits per heavy atom. The van der Waals surface area contributed by atoms with Gasteiger partial charge in [0.2, 0.25) is 0 Å². The molecule has 0 unspecified atom stereocenters. The summed E-state index contributed by atoms with van der Waals surface area (Å²) in [4.78, 5) is 4.35. The van der Waals surface area contributed by atoms with Crippen LogP contribution in [0, 0.1) is 0 Å². The second-order valence-electron chi connectivity index (χ2n) is 6.77. The van der Waals surface area contributed by atoms with Crippen molar-refractivity contribution in [3.05, 3.63) is 12.4 Å². The highest BCUT2D eigenvalue weighted by Gasteiger charge is 1.99. The summed E-state index contributed by atoms with van der Waals surface area (Å²) in [6.07, 6.45) is 23.9. The zero-order valence-electron chi connectivity index (χ0n) is 15.6. The Morgan fingerprint density at radius 1 is 0.783 bits per heavy atom. The number of hydrogen-bond donors (Lipinski definition) is 0. The lowest BCUT2D eigenvalue weighted by molar-refractivity contribution is 0.538. The fourth-order valence-electron chi connectivity index (χ4n) is 2.95. The molecule has 0 aliphatic carbocycles. The number of thioether (sulfide) groups is 1. The van der Waals surface area contributed by atoms with Crippen LogP contribution in [0.5, 0.6) is 0 Å². The molecule has 0 N–H and O–H groups in total. The predicted molar refractivity (Wildman–Crippen MR) is 104 cm³/mol. The molecule has 0 saturated heterocycles. The van der Waals surface area contributed by atoms with Crippen LogP contribution >= 0.6 is 11.8 Å². The lowest BCUT2D eigenvalue weighted by Crippen LogP contribution is -1.90. The average Bonchev–Trinajstić information content (AvgIpc) is 2.96. The van der Waals surface area contributed by atoms with E-state index in [1.54, 1.807) is 0 Å². The third kappa shape index (κ3) is 11.7. The molecule has 0 spiro atoms. The van der Waals surface area contributed by atoms with E-state index in [4.69, 9.17) is 0 Å². The van der Waals surface area contributed by atoms with Gasteiger partial charge in [-0.15, -0.1) is 0 Å². The van der Waals surface area contributed by atoms with E-state index >= 15 is 0 Å². The van der Waals surface area contributed by atoms with Crippen molar-refractivity contribution in [2.24, 2.45) is 7.05 Å². The van der Waals surface area contributed by atoms with E-state index < -0.39 is 0 Å². The van der Waals surface area contributed by atoms with Gasteiger partial charge in [-0.2, -0.15) is 0 Å². The second-order valence-corrected chi connectivity index (χ2v) is 7.83. The largest absolute Gasteiger partial charge is 0.329 e. The first-order chi connectivity index (χ1) is 11.3.